The van der Waals surface area contributed by atoms with Crippen molar-refractivity contribution in [1.82, 2.24) is 0 Å². The molecule has 1 aromatic carbocycles. The predicted octanol–water partition coefficient (Wildman–Crippen LogP) is 1.11. The molecule has 0 spiro atoms. The fourth-order valence-corrected chi connectivity index (χ4v) is 3.12. The standard InChI is InChI=1S/C18H22ClFN2O2/c19-16-12-14(2-4-17(16)20)18-5-3-15(24-18)13-21-6-1-7-22-8-10-23-11-9-22/h2-5,12,21H,1,6-11,13H2/p+2. The second kappa shape index (κ2) is 8.62. The minimum atomic E-state index is -0.414. The van der Waals surface area contributed by atoms with Crippen molar-refractivity contribution in [1.29, 1.82) is 0 Å². The zero-order valence-corrected chi connectivity index (χ0v) is 14.4. The van der Waals surface area contributed by atoms with E-state index in [1.807, 2.05) is 12.1 Å². The summed E-state index contributed by atoms with van der Waals surface area (Å²) in [5.74, 6) is 1.23. The molecule has 1 aliphatic rings. The van der Waals surface area contributed by atoms with Crippen molar-refractivity contribution >= 4 is 11.6 Å². The summed E-state index contributed by atoms with van der Waals surface area (Å²) in [7, 11) is 0. The van der Waals surface area contributed by atoms with Gasteiger partial charge in [-0.05, 0) is 30.3 Å². The molecule has 0 bridgehead atoms. The van der Waals surface area contributed by atoms with Crippen molar-refractivity contribution in [2.24, 2.45) is 0 Å². The molecule has 3 rings (SSSR count). The first-order valence-electron chi connectivity index (χ1n) is 8.49. The van der Waals surface area contributed by atoms with Gasteiger partial charge in [-0.25, -0.2) is 4.39 Å². The molecular weight excluding hydrogens is 331 g/mol. The molecule has 0 amide bonds. The number of ether oxygens (including phenoxy) is 1. The Morgan fingerprint density at radius 1 is 1.17 bits per heavy atom. The van der Waals surface area contributed by atoms with E-state index in [1.165, 1.54) is 19.0 Å². The Kier molecular flexibility index (Phi) is 6.26. The van der Waals surface area contributed by atoms with Gasteiger partial charge in [0, 0.05) is 12.0 Å². The summed E-state index contributed by atoms with van der Waals surface area (Å²) in [6.07, 6.45) is 1.19. The van der Waals surface area contributed by atoms with E-state index < -0.39 is 5.82 Å². The highest BCUT2D eigenvalue weighted by Gasteiger charge is 2.13. The summed E-state index contributed by atoms with van der Waals surface area (Å²) in [6.45, 7) is 7.14. The van der Waals surface area contributed by atoms with Crippen molar-refractivity contribution < 1.29 is 23.8 Å². The van der Waals surface area contributed by atoms with Crippen molar-refractivity contribution in [2.75, 3.05) is 39.4 Å². The highest BCUT2D eigenvalue weighted by atomic mass is 35.5. The lowest BCUT2D eigenvalue weighted by molar-refractivity contribution is -0.909. The van der Waals surface area contributed by atoms with Gasteiger partial charge in [0.2, 0.25) is 0 Å². The Morgan fingerprint density at radius 3 is 2.79 bits per heavy atom. The van der Waals surface area contributed by atoms with Crippen LogP contribution in [0.25, 0.3) is 11.3 Å². The molecule has 1 aromatic heterocycles. The Hall–Kier alpha value is -1.40. The fraction of sp³-hybridized carbons (Fsp3) is 0.444. The number of furan rings is 1. The van der Waals surface area contributed by atoms with Gasteiger partial charge >= 0.3 is 0 Å². The SMILES string of the molecule is Fc1ccc(-c2ccc(C[NH2+]CCC[NH+]3CCOCC3)o2)cc1Cl. The number of quaternary nitrogens is 2. The Morgan fingerprint density at radius 2 is 2.00 bits per heavy atom. The van der Waals surface area contributed by atoms with Crippen molar-refractivity contribution in [2.45, 2.75) is 13.0 Å². The van der Waals surface area contributed by atoms with E-state index in [2.05, 4.69) is 5.32 Å². The summed E-state index contributed by atoms with van der Waals surface area (Å²) < 4.78 is 24.4. The lowest BCUT2D eigenvalue weighted by atomic mass is 10.2. The van der Waals surface area contributed by atoms with E-state index in [0.717, 1.165) is 56.5 Å². The Labute approximate surface area is 146 Å². The van der Waals surface area contributed by atoms with Crippen LogP contribution in [0.4, 0.5) is 4.39 Å². The Bertz CT molecular complexity index is 656. The van der Waals surface area contributed by atoms with Gasteiger partial charge in [0.1, 0.15) is 31.2 Å². The number of hydrogen-bond acceptors (Lipinski definition) is 2. The highest BCUT2D eigenvalue weighted by Crippen LogP contribution is 2.26. The summed E-state index contributed by atoms with van der Waals surface area (Å²) in [6, 6.07) is 8.51. The van der Waals surface area contributed by atoms with Gasteiger partial charge in [-0.3, -0.25) is 0 Å². The number of nitrogens with one attached hydrogen (secondary N) is 1. The van der Waals surface area contributed by atoms with Crippen molar-refractivity contribution in [3.05, 3.63) is 46.9 Å². The van der Waals surface area contributed by atoms with E-state index in [0.29, 0.717) is 0 Å². The maximum Gasteiger partial charge on any atom is 0.158 e. The molecule has 0 unspecified atom stereocenters. The van der Waals surface area contributed by atoms with E-state index in [-0.39, 0.29) is 5.02 Å². The first kappa shape index (κ1) is 17.4. The third-order valence-corrected chi connectivity index (χ3v) is 4.64. The number of hydrogen-bond donors (Lipinski definition) is 2. The number of rotatable bonds is 7. The molecule has 1 saturated heterocycles. The molecule has 130 valence electrons. The van der Waals surface area contributed by atoms with E-state index in [1.54, 1.807) is 17.0 Å². The maximum atomic E-state index is 13.2. The minimum Gasteiger partial charge on any atom is -0.455 e. The predicted molar refractivity (Wildman–Crippen MR) is 90.6 cm³/mol. The lowest BCUT2D eigenvalue weighted by Gasteiger charge is -2.23. The van der Waals surface area contributed by atoms with Crippen LogP contribution >= 0.6 is 11.6 Å². The monoisotopic (exact) mass is 354 g/mol. The van der Waals surface area contributed by atoms with E-state index >= 15 is 0 Å². The molecular formula is C18H24ClFN2O2+2. The zero-order valence-electron chi connectivity index (χ0n) is 13.7. The molecule has 0 saturated carbocycles. The second-order valence-electron chi connectivity index (χ2n) is 6.14. The number of nitrogens with two attached hydrogens (primary N) is 1. The van der Waals surface area contributed by atoms with Crippen LogP contribution in [-0.2, 0) is 11.3 Å². The molecule has 1 fully saturated rings. The van der Waals surface area contributed by atoms with Crippen molar-refractivity contribution in [3.8, 4) is 11.3 Å². The maximum absolute atomic E-state index is 13.2. The van der Waals surface area contributed by atoms with Gasteiger partial charge in [0.05, 0.1) is 31.3 Å². The van der Waals surface area contributed by atoms with Gasteiger partial charge < -0.3 is 19.4 Å². The Balaban J connectivity index is 1.41. The normalized spacial score (nSPS) is 15.8. The molecule has 0 atom stereocenters. The molecule has 24 heavy (non-hydrogen) atoms. The summed E-state index contributed by atoms with van der Waals surface area (Å²) in [5.41, 5.74) is 0.795. The average molecular weight is 355 g/mol. The van der Waals surface area contributed by atoms with Crippen LogP contribution in [0.3, 0.4) is 0 Å². The first-order valence-corrected chi connectivity index (χ1v) is 8.87. The molecule has 0 aliphatic carbocycles. The van der Waals surface area contributed by atoms with Crippen LogP contribution in [0.5, 0.6) is 0 Å². The summed E-state index contributed by atoms with van der Waals surface area (Å²) in [4.78, 5) is 1.64. The minimum absolute atomic E-state index is 0.114. The van der Waals surface area contributed by atoms with Gasteiger partial charge in [0.15, 0.2) is 5.76 Å². The number of halogens is 2. The van der Waals surface area contributed by atoms with Gasteiger partial charge in [-0.2, -0.15) is 0 Å². The van der Waals surface area contributed by atoms with Gasteiger partial charge in [0.25, 0.3) is 0 Å². The highest BCUT2D eigenvalue weighted by molar-refractivity contribution is 6.31. The quantitative estimate of drug-likeness (QED) is 0.731. The first-order chi connectivity index (χ1) is 11.7. The van der Waals surface area contributed by atoms with Crippen LogP contribution in [0.1, 0.15) is 12.2 Å². The lowest BCUT2D eigenvalue weighted by Crippen LogP contribution is -3.14. The fourth-order valence-electron chi connectivity index (χ4n) is 2.94. The molecule has 4 nitrogen and oxygen atoms in total. The van der Waals surface area contributed by atoms with Crippen LogP contribution < -0.4 is 10.2 Å². The van der Waals surface area contributed by atoms with Crippen LogP contribution in [0.2, 0.25) is 5.02 Å². The molecule has 2 aromatic rings. The number of morpholine rings is 1. The largest absolute Gasteiger partial charge is 0.455 e. The zero-order chi connectivity index (χ0) is 16.8. The number of benzene rings is 1. The smallest absolute Gasteiger partial charge is 0.158 e. The van der Waals surface area contributed by atoms with Gasteiger partial charge in [-0.15, -0.1) is 0 Å². The summed E-state index contributed by atoms with van der Waals surface area (Å²) >= 11 is 5.82. The third kappa shape index (κ3) is 4.80. The van der Waals surface area contributed by atoms with Crippen LogP contribution in [0, 0.1) is 5.82 Å². The van der Waals surface area contributed by atoms with E-state index in [9.17, 15) is 4.39 Å². The van der Waals surface area contributed by atoms with Gasteiger partial charge in [-0.1, -0.05) is 11.6 Å². The molecule has 0 radical (unpaired) electrons. The third-order valence-electron chi connectivity index (χ3n) is 4.35. The van der Waals surface area contributed by atoms with Crippen LogP contribution in [0.15, 0.2) is 34.7 Å². The average Bonchev–Trinajstić information content (AvgIpc) is 3.07. The van der Waals surface area contributed by atoms with E-state index in [4.69, 9.17) is 20.8 Å². The molecule has 2 heterocycles. The molecule has 1 aliphatic heterocycles. The summed E-state index contributed by atoms with van der Waals surface area (Å²) in [5, 5.41) is 2.38. The van der Waals surface area contributed by atoms with Crippen LogP contribution in [-0.4, -0.2) is 39.4 Å². The van der Waals surface area contributed by atoms with Crippen molar-refractivity contribution in [3.63, 3.8) is 0 Å². The second-order valence-corrected chi connectivity index (χ2v) is 6.55. The molecule has 3 N–H and O–H groups in total. The molecule has 6 heteroatoms. The topological polar surface area (TPSA) is 43.4 Å².